The summed E-state index contributed by atoms with van der Waals surface area (Å²) >= 11 is 5.91. The molecule has 0 aliphatic heterocycles. The molecule has 0 atom stereocenters. The minimum atomic E-state index is -3.41. The lowest BCUT2D eigenvalue weighted by molar-refractivity contribution is -0.121. The molecule has 0 aromatic heterocycles. The van der Waals surface area contributed by atoms with Gasteiger partial charge in [0.25, 0.3) is 0 Å². The van der Waals surface area contributed by atoms with Crippen molar-refractivity contribution in [3.05, 3.63) is 29.3 Å². The van der Waals surface area contributed by atoms with E-state index in [1.54, 1.807) is 24.3 Å². The van der Waals surface area contributed by atoms with Gasteiger partial charge < -0.3 is 5.32 Å². The summed E-state index contributed by atoms with van der Waals surface area (Å²) in [4.78, 5) is 11.6. The van der Waals surface area contributed by atoms with Crippen LogP contribution in [0.15, 0.2) is 24.3 Å². The van der Waals surface area contributed by atoms with Crippen LogP contribution in [0.2, 0.25) is 5.02 Å². The number of halogens is 1. The van der Waals surface area contributed by atoms with Gasteiger partial charge in [0, 0.05) is 24.5 Å². The second kappa shape index (κ2) is 9.00. The van der Waals surface area contributed by atoms with Gasteiger partial charge in [-0.1, -0.05) is 31.0 Å². The lowest BCUT2D eigenvalue weighted by atomic mass is 10.2. The molecule has 5 nitrogen and oxygen atoms in total. The number of hydrogen-bond donors (Lipinski definition) is 1. The summed E-state index contributed by atoms with van der Waals surface area (Å²) in [5.41, 5.74) is 0.515. The molecule has 0 saturated carbocycles. The predicted molar refractivity (Wildman–Crippen MR) is 90.8 cm³/mol. The van der Waals surface area contributed by atoms with E-state index in [2.05, 4.69) is 12.2 Å². The van der Waals surface area contributed by atoms with E-state index < -0.39 is 10.0 Å². The van der Waals surface area contributed by atoms with Crippen molar-refractivity contribution in [3.8, 4) is 0 Å². The summed E-state index contributed by atoms with van der Waals surface area (Å²) in [5, 5.41) is 3.29. The van der Waals surface area contributed by atoms with Crippen LogP contribution >= 0.6 is 11.6 Å². The number of carbonyl (C=O) groups is 1. The van der Waals surface area contributed by atoms with Crippen LogP contribution in [0.4, 0.5) is 5.69 Å². The van der Waals surface area contributed by atoms with Crippen molar-refractivity contribution in [3.63, 3.8) is 0 Å². The molecular weight excluding hydrogens is 324 g/mol. The zero-order chi connectivity index (χ0) is 16.6. The van der Waals surface area contributed by atoms with E-state index in [9.17, 15) is 13.2 Å². The molecule has 0 radical (unpaired) electrons. The summed E-state index contributed by atoms with van der Waals surface area (Å²) in [5.74, 6) is -0.0482. The molecule has 1 rings (SSSR count). The average Bonchev–Trinajstić information content (AvgIpc) is 2.42. The Morgan fingerprint density at radius 2 is 2.05 bits per heavy atom. The third-order valence-electron chi connectivity index (χ3n) is 3.11. The van der Waals surface area contributed by atoms with Crippen molar-refractivity contribution in [1.29, 1.82) is 0 Å². The number of sulfonamides is 1. The van der Waals surface area contributed by atoms with Gasteiger partial charge in [0.15, 0.2) is 0 Å². The standard InChI is InChI=1S/C15H23ClN2O3S/c1-3-4-10-17-15(19)9-6-11-18(22(2,20)21)14-8-5-7-13(16)12-14/h5,7-8,12H,3-4,6,9-11H2,1-2H3,(H,17,19). The molecule has 0 bridgehead atoms. The number of amides is 1. The number of carbonyl (C=O) groups excluding carboxylic acids is 1. The smallest absolute Gasteiger partial charge is 0.232 e. The topological polar surface area (TPSA) is 66.5 Å². The highest BCUT2D eigenvalue weighted by atomic mass is 35.5. The molecule has 1 N–H and O–H groups in total. The Hall–Kier alpha value is -1.27. The second-order valence-electron chi connectivity index (χ2n) is 5.12. The lowest BCUT2D eigenvalue weighted by Gasteiger charge is -2.22. The number of hydrogen-bond acceptors (Lipinski definition) is 3. The summed E-state index contributed by atoms with van der Waals surface area (Å²) in [6, 6.07) is 6.68. The molecule has 22 heavy (non-hydrogen) atoms. The van der Waals surface area contributed by atoms with Crippen LogP contribution in [0.3, 0.4) is 0 Å². The summed E-state index contributed by atoms with van der Waals surface area (Å²) in [6.45, 7) is 2.97. The molecule has 0 spiro atoms. The van der Waals surface area contributed by atoms with Gasteiger partial charge in [-0.25, -0.2) is 8.42 Å². The highest BCUT2D eigenvalue weighted by Gasteiger charge is 2.17. The highest BCUT2D eigenvalue weighted by molar-refractivity contribution is 7.92. The van der Waals surface area contributed by atoms with Crippen molar-refractivity contribution in [2.75, 3.05) is 23.7 Å². The fourth-order valence-corrected chi connectivity index (χ4v) is 3.14. The van der Waals surface area contributed by atoms with Gasteiger partial charge in [-0.05, 0) is 31.0 Å². The molecule has 1 aromatic carbocycles. The van der Waals surface area contributed by atoms with Crippen molar-refractivity contribution in [2.24, 2.45) is 0 Å². The largest absolute Gasteiger partial charge is 0.356 e. The van der Waals surface area contributed by atoms with Crippen LogP contribution in [0.25, 0.3) is 0 Å². The van der Waals surface area contributed by atoms with E-state index in [-0.39, 0.29) is 12.5 Å². The van der Waals surface area contributed by atoms with Crippen LogP contribution in [0, 0.1) is 0 Å². The van der Waals surface area contributed by atoms with Crippen LogP contribution in [-0.2, 0) is 14.8 Å². The molecule has 0 fully saturated rings. The zero-order valence-electron chi connectivity index (χ0n) is 13.0. The Morgan fingerprint density at radius 3 is 2.64 bits per heavy atom. The maximum atomic E-state index is 11.9. The molecule has 1 aromatic rings. The Balaban J connectivity index is 2.59. The fourth-order valence-electron chi connectivity index (χ4n) is 1.99. The van der Waals surface area contributed by atoms with Crippen molar-refractivity contribution < 1.29 is 13.2 Å². The van der Waals surface area contributed by atoms with E-state index in [4.69, 9.17) is 11.6 Å². The minimum Gasteiger partial charge on any atom is -0.356 e. The fraction of sp³-hybridized carbons (Fsp3) is 0.533. The van der Waals surface area contributed by atoms with Gasteiger partial charge >= 0.3 is 0 Å². The molecule has 0 saturated heterocycles. The maximum Gasteiger partial charge on any atom is 0.232 e. The van der Waals surface area contributed by atoms with Gasteiger partial charge in [-0.15, -0.1) is 0 Å². The van der Waals surface area contributed by atoms with E-state index in [1.807, 2.05) is 0 Å². The number of nitrogens with zero attached hydrogens (tertiary/aromatic N) is 1. The van der Waals surface area contributed by atoms with Crippen molar-refractivity contribution in [1.82, 2.24) is 5.32 Å². The van der Waals surface area contributed by atoms with Gasteiger partial charge in [0.05, 0.1) is 11.9 Å². The number of benzene rings is 1. The normalized spacial score (nSPS) is 11.2. The third-order valence-corrected chi connectivity index (χ3v) is 4.54. The molecule has 1 amide bonds. The first-order valence-electron chi connectivity index (χ1n) is 7.34. The number of unbranched alkanes of at least 4 members (excludes halogenated alkanes) is 1. The molecule has 7 heteroatoms. The number of anilines is 1. The second-order valence-corrected chi connectivity index (χ2v) is 7.47. The molecule has 0 heterocycles. The highest BCUT2D eigenvalue weighted by Crippen LogP contribution is 2.22. The van der Waals surface area contributed by atoms with Crippen LogP contribution in [0.5, 0.6) is 0 Å². The quantitative estimate of drug-likeness (QED) is 0.699. The van der Waals surface area contributed by atoms with E-state index in [0.29, 0.717) is 30.1 Å². The zero-order valence-corrected chi connectivity index (χ0v) is 14.6. The molecule has 0 aliphatic rings. The summed E-state index contributed by atoms with van der Waals surface area (Å²) < 4.78 is 25.1. The van der Waals surface area contributed by atoms with Gasteiger partial charge in [0.2, 0.25) is 15.9 Å². The van der Waals surface area contributed by atoms with Crippen LogP contribution in [0.1, 0.15) is 32.6 Å². The third kappa shape index (κ3) is 6.66. The molecular formula is C15H23ClN2O3S. The first kappa shape index (κ1) is 18.8. The number of nitrogens with one attached hydrogen (secondary N) is 1. The Morgan fingerprint density at radius 1 is 1.32 bits per heavy atom. The number of rotatable bonds is 9. The molecule has 0 aliphatic carbocycles. The first-order chi connectivity index (χ1) is 10.3. The van der Waals surface area contributed by atoms with Crippen LogP contribution in [-0.4, -0.2) is 33.7 Å². The minimum absolute atomic E-state index is 0.0482. The maximum absolute atomic E-state index is 11.9. The van der Waals surface area contributed by atoms with E-state index >= 15 is 0 Å². The summed E-state index contributed by atoms with van der Waals surface area (Å²) in [6.07, 6.45) is 3.88. The van der Waals surface area contributed by atoms with E-state index in [1.165, 1.54) is 4.31 Å². The van der Waals surface area contributed by atoms with Crippen LogP contribution < -0.4 is 9.62 Å². The lowest BCUT2D eigenvalue weighted by Crippen LogP contribution is -2.32. The van der Waals surface area contributed by atoms with Crippen molar-refractivity contribution in [2.45, 2.75) is 32.6 Å². The Kier molecular flexibility index (Phi) is 7.68. The first-order valence-corrected chi connectivity index (χ1v) is 9.57. The monoisotopic (exact) mass is 346 g/mol. The van der Waals surface area contributed by atoms with Gasteiger partial charge in [0.1, 0.15) is 0 Å². The average molecular weight is 347 g/mol. The van der Waals surface area contributed by atoms with E-state index in [0.717, 1.165) is 19.1 Å². The summed E-state index contributed by atoms with van der Waals surface area (Å²) in [7, 11) is -3.41. The Bertz CT molecular complexity index is 590. The molecule has 0 unspecified atom stereocenters. The Labute approximate surface area is 137 Å². The van der Waals surface area contributed by atoms with Gasteiger partial charge in [-0.2, -0.15) is 0 Å². The molecule has 124 valence electrons. The van der Waals surface area contributed by atoms with Crippen molar-refractivity contribution >= 4 is 33.2 Å². The van der Waals surface area contributed by atoms with Gasteiger partial charge in [-0.3, -0.25) is 9.10 Å². The predicted octanol–water partition coefficient (Wildman–Crippen LogP) is 2.80. The SMILES string of the molecule is CCCCNC(=O)CCCN(c1cccc(Cl)c1)S(C)(=O)=O.